The van der Waals surface area contributed by atoms with Gasteiger partial charge in [0.15, 0.2) is 5.54 Å². The fourth-order valence-corrected chi connectivity index (χ4v) is 3.15. The van der Waals surface area contributed by atoms with Crippen LogP contribution < -0.4 is 5.32 Å². The number of rotatable bonds is 4. The number of carbonyl (C=O) groups excluding carboxylic acids is 2. The molecule has 9 heteroatoms. The molecule has 1 atom stereocenters. The molecule has 0 spiro atoms. The SMILES string of the molecule is Cc1ccc([C@@]2(C)NC(=O)N(Cc3csc([N+](=O)[O-])c3)C2=O)o1. The molecule has 3 heterocycles. The Kier molecular flexibility index (Phi) is 3.44. The van der Waals surface area contributed by atoms with E-state index in [1.807, 2.05) is 0 Å². The Morgan fingerprint density at radius 2 is 2.17 bits per heavy atom. The van der Waals surface area contributed by atoms with Crippen molar-refractivity contribution in [3.05, 3.63) is 50.8 Å². The summed E-state index contributed by atoms with van der Waals surface area (Å²) < 4.78 is 5.47. The zero-order valence-corrected chi connectivity index (χ0v) is 13.2. The first kappa shape index (κ1) is 15.2. The first-order chi connectivity index (χ1) is 10.8. The number of hydrogen-bond acceptors (Lipinski definition) is 6. The average molecular weight is 335 g/mol. The smallest absolute Gasteiger partial charge is 0.325 e. The third-order valence-electron chi connectivity index (χ3n) is 3.67. The summed E-state index contributed by atoms with van der Waals surface area (Å²) in [5, 5.41) is 14.9. The molecule has 0 radical (unpaired) electrons. The molecule has 0 saturated carbocycles. The van der Waals surface area contributed by atoms with E-state index in [0.29, 0.717) is 17.1 Å². The second-order valence-electron chi connectivity index (χ2n) is 5.41. The van der Waals surface area contributed by atoms with Gasteiger partial charge in [0.25, 0.3) is 5.91 Å². The summed E-state index contributed by atoms with van der Waals surface area (Å²) in [6.07, 6.45) is 0. The monoisotopic (exact) mass is 335 g/mol. The van der Waals surface area contributed by atoms with Crippen LogP contribution in [-0.4, -0.2) is 21.8 Å². The van der Waals surface area contributed by atoms with Crippen molar-refractivity contribution in [1.82, 2.24) is 10.2 Å². The van der Waals surface area contributed by atoms with Crippen molar-refractivity contribution in [1.29, 1.82) is 0 Å². The standard InChI is InChI=1S/C14H13N3O5S/c1-8-3-4-10(22-8)14(2)12(18)16(13(19)15-14)6-9-5-11(17(20)21)23-7-9/h3-5,7H,6H2,1-2H3,(H,15,19)/t14-/m1/s1. The van der Waals surface area contributed by atoms with Gasteiger partial charge >= 0.3 is 11.0 Å². The van der Waals surface area contributed by atoms with E-state index in [0.717, 1.165) is 16.2 Å². The molecule has 0 aliphatic carbocycles. The normalized spacial score (nSPS) is 20.9. The predicted molar refractivity (Wildman–Crippen MR) is 80.9 cm³/mol. The molecule has 1 fully saturated rings. The number of furan rings is 1. The molecule has 0 aromatic carbocycles. The molecular weight excluding hydrogens is 322 g/mol. The molecule has 2 aromatic heterocycles. The van der Waals surface area contributed by atoms with Crippen LogP contribution in [0.25, 0.3) is 0 Å². The molecule has 8 nitrogen and oxygen atoms in total. The van der Waals surface area contributed by atoms with Gasteiger partial charge in [-0.05, 0) is 31.5 Å². The first-order valence-electron chi connectivity index (χ1n) is 6.74. The summed E-state index contributed by atoms with van der Waals surface area (Å²) in [5.74, 6) is 0.535. The van der Waals surface area contributed by atoms with Crippen molar-refractivity contribution in [2.45, 2.75) is 25.9 Å². The van der Waals surface area contributed by atoms with Crippen molar-refractivity contribution in [2.24, 2.45) is 0 Å². The Balaban J connectivity index is 1.85. The number of hydrogen-bond donors (Lipinski definition) is 1. The lowest BCUT2D eigenvalue weighted by atomic mass is 9.99. The number of thiophene rings is 1. The number of nitrogens with one attached hydrogen (secondary N) is 1. The molecule has 3 rings (SSSR count). The van der Waals surface area contributed by atoms with E-state index >= 15 is 0 Å². The lowest BCUT2D eigenvalue weighted by molar-refractivity contribution is -0.380. The lowest BCUT2D eigenvalue weighted by Gasteiger charge is -2.18. The number of nitro groups is 1. The van der Waals surface area contributed by atoms with Crippen LogP contribution in [0.2, 0.25) is 0 Å². The zero-order chi connectivity index (χ0) is 16.8. The number of imide groups is 1. The third kappa shape index (κ3) is 2.48. The molecule has 3 amide bonds. The highest BCUT2D eigenvalue weighted by atomic mass is 32.1. The van der Waals surface area contributed by atoms with E-state index in [9.17, 15) is 19.7 Å². The second-order valence-corrected chi connectivity index (χ2v) is 6.30. The van der Waals surface area contributed by atoms with E-state index in [1.165, 1.54) is 6.07 Å². The number of nitrogens with zero attached hydrogens (tertiary/aromatic N) is 2. The minimum Gasteiger partial charge on any atom is -0.463 e. The Bertz CT molecular complexity index is 811. The van der Waals surface area contributed by atoms with Gasteiger partial charge in [0.2, 0.25) is 0 Å². The Hall–Kier alpha value is -2.68. The largest absolute Gasteiger partial charge is 0.463 e. The quantitative estimate of drug-likeness (QED) is 0.525. The molecule has 1 aliphatic rings. The molecule has 1 saturated heterocycles. The fourth-order valence-electron chi connectivity index (χ4n) is 2.43. The molecule has 2 aromatic rings. The maximum atomic E-state index is 12.6. The summed E-state index contributed by atoms with van der Waals surface area (Å²) in [6, 6.07) is 4.16. The van der Waals surface area contributed by atoms with Gasteiger partial charge in [0.05, 0.1) is 11.5 Å². The van der Waals surface area contributed by atoms with Gasteiger partial charge in [-0.3, -0.25) is 19.8 Å². The Morgan fingerprint density at radius 1 is 1.43 bits per heavy atom. The molecule has 1 N–H and O–H groups in total. The maximum Gasteiger partial charge on any atom is 0.325 e. The van der Waals surface area contributed by atoms with Crippen LogP contribution in [0.4, 0.5) is 9.80 Å². The van der Waals surface area contributed by atoms with Crippen LogP contribution in [0.1, 0.15) is 24.0 Å². The molecule has 0 unspecified atom stereocenters. The summed E-state index contributed by atoms with van der Waals surface area (Å²) >= 11 is 0.956. The van der Waals surface area contributed by atoms with Crippen LogP contribution in [-0.2, 0) is 16.9 Å². The van der Waals surface area contributed by atoms with Crippen LogP contribution in [0, 0.1) is 17.0 Å². The summed E-state index contributed by atoms with van der Waals surface area (Å²) in [5.41, 5.74) is -0.738. The van der Waals surface area contributed by atoms with Crippen molar-refractivity contribution in [2.75, 3.05) is 0 Å². The van der Waals surface area contributed by atoms with Crippen LogP contribution in [0.15, 0.2) is 28.0 Å². The molecule has 0 bridgehead atoms. The summed E-state index contributed by atoms with van der Waals surface area (Å²) in [6.45, 7) is 3.29. The zero-order valence-electron chi connectivity index (χ0n) is 12.4. The maximum absolute atomic E-state index is 12.6. The third-order valence-corrected chi connectivity index (χ3v) is 4.60. The van der Waals surface area contributed by atoms with Crippen LogP contribution in [0.5, 0.6) is 0 Å². The Labute approximate surface area is 134 Å². The number of amides is 3. The molecule has 23 heavy (non-hydrogen) atoms. The highest BCUT2D eigenvalue weighted by Gasteiger charge is 2.51. The molecule has 120 valence electrons. The molecule has 1 aliphatic heterocycles. The van der Waals surface area contributed by atoms with Gasteiger partial charge in [-0.2, -0.15) is 0 Å². The van der Waals surface area contributed by atoms with Crippen molar-refractivity contribution in [3.63, 3.8) is 0 Å². The predicted octanol–water partition coefficient (Wildman–Crippen LogP) is 2.52. The number of aryl methyl sites for hydroxylation is 1. The van der Waals surface area contributed by atoms with Gasteiger partial charge in [0.1, 0.15) is 11.5 Å². The lowest BCUT2D eigenvalue weighted by Crippen LogP contribution is -2.40. The van der Waals surface area contributed by atoms with E-state index in [-0.39, 0.29) is 11.5 Å². The average Bonchev–Trinajstić information content (AvgIpc) is 3.16. The highest BCUT2D eigenvalue weighted by Crippen LogP contribution is 2.32. The topological polar surface area (TPSA) is 106 Å². The van der Waals surface area contributed by atoms with E-state index in [4.69, 9.17) is 4.42 Å². The van der Waals surface area contributed by atoms with Gasteiger partial charge in [0, 0.05) is 11.4 Å². The summed E-state index contributed by atoms with van der Waals surface area (Å²) in [7, 11) is 0. The Morgan fingerprint density at radius 3 is 2.74 bits per heavy atom. The van der Waals surface area contributed by atoms with Gasteiger partial charge in [-0.15, -0.1) is 0 Å². The minimum atomic E-state index is -1.27. The molecular formula is C14H13N3O5S. The van der Waals surface area contributed by atoms with Crippen molar-refractivity contribution >= 4 is 28.3 Å². The second kappa shape index (κ2) is 5.20. The van der Waals surface area contributed by atoms with E-state index in [2.05, 4.69) is 5.32 Å². The van der Waals surface area contributed by atoms with Crippen LogP contribution >= 0.6 is 11.3 Å². The highest BCUT2D eigenvalue weighted by molar-refractivity contribution is 7.13. The fraction of sp³-hybridized carbons (Fsp3) is 0.286. The van der Waals surface area contributed by atoms with E-state index in [1.54, 1.807) is 31.4 Å². The van der Waals surface area contributed by atoms with Gasteiger partial charge in [-0.1, -0.05) is 11.3 Å². The minimum absolute atomic E-state index is 0.0235. The first-order valence-corrected chi connectivity index (χ1v) is 7.62. The van der Waals surface area contributed by atoms with Gasteiger partial charge in [-0.25, -0.2) is 4.79 Å². The number of carbonyl (C=O) groups is 2. The number of urea groups is 1. The van der Waals surface area contributed by atoms with Crippen molar-refractivity contribution < 1.29 is 18.9 Å². The van der Waals surface area contributed by atoms with Gasteiger partial charge < -0.3 is 9.73 Å². The van der Waals surface area contributed by atoms with Crippen molar-refractivity contribution in [3.8, 4) is 0 Å². The van der Waals surface area contributed by atoms with Crippen LogP contribution in [0.3, 0.4) is 0 Å². The summed E-state index contributed by atoms with van der Waals surface area (Å²) in [4.78, 5) is 36.0. The van der Waals surface area contributed by atoms with E-state index < -0.39 is 22.4 Å².